The second kappa shape index (κ2) is 6.22. The van der Waals surface area contributed by atoms with Crippen molar-refractivity contribution in [1.82, 2.24) is 5.32 Å². The maximum absolute atomic E-state index is 13.9. The lowest BCUT2D eigenvalue weighted by Crippen LogP contribution is -2.56. The molecule has 0 spiro atoms. The molecule has 0 aliphatic carbocycles. The minimum absolute atomic E-state index is 0.0336. The third-order valence-electron chi connectivity index (χ3n) is 3.78. The number of nitrogens with zero attached hydrogens (tertiary/aromatic N) is 1. The average molecular weight is 304 g/mol. The maximum Gasteiger partial charge on any atom is 0.185 e. The van der Waals surface area contributed by atoms with Crippen LogP contribution in [0.4, 0.5) is 23.2 Å². The lowest BCUT2D eigenvalue weighted by atomic mass is 9.99. The van der Waals surface area contributed by atoms with E-state index in [1.165, 1.54) is 4.90 Å². The van der Waals surface area contributed by atoms with Gasteiger partial charge in [0.2, 0.25) is 0 Å². The number of benzene rings is 1. The van der Waals surface area contributed by atoms with Gasteiger partial charge in [0, 0.05) is 31.2 Å². The maximum atomic E-state index is 13.9. The predicted molar refractivity (Wildman–Crippen MR) is 74.3 cm³/mol. The zero-order chi connectivity index (χ0) is 15.7. The van der Waals surface area contributed by atoms with Crippen LogP contribution < -0.4 is 10.2 Å². The van der Waals surface area contributed by atoms with Crippen LogP contribution in [0.25, 0.3) is 0 Å². The Balaban J connectivity index is 2.35. The Labute approximate surface area is 122 Å². The van der Waals surface area contributed by atoms with Crippen LogP contribution in [-0.2, 0) is 0 Å². The molecule has 2 atom stereocenters. The van der Waals surface area contributed by atoms with E-state index in [1.54, 1.807) is 6.92 Å². The van der Waals surface area contributed by atoms with Crippen LogP contribution in [0.3, 0.4) is 0 Å². The first-order chi connectivity index (χ1) is 9.81. The Kier molecular flexibility index (Phi) is 4.76. The summed E-state index contributed by atoms with van der Waals surface area (Å²) in [7, 11) is 0. The fraction of sp³-hybridized carbons (Fsp3) is 0.600. The highest BCUT2D eigenvalue weighted by atomic mass is 19.2. The van der Waals surface area contributed by atoms with Gasteiger partial charge in [-0.05, 0) is 19.3 Å². The van der Waals surface area contributed by atoms with E-state index in [-0.39, 0.29) is 18.2 Å². The van der Waals surface area contributed by atoms with Crippen molar-refractivity contribution in [2.45, 2.75) is 39.3 Å². The summed E-state index contributed by atoms with van der Waals surface area (Å²) in [6.45, 7) is 6.69. The monoisotopic (exact) mass is 304 g/mol. The van der Waals surface area contributed by atoms with Gasteiger partial charge >= 0.3 is 0 Å². The number of anilines is 1. The lowest BCUT2D eigenvalue weighted by Gasteiger charge is -2.41. The molecule has 2 rings (SSSR count). The molecule has 1 N–H and O–H groups in total. The molecule has 0 aromatic heterocycles. The van der Waals surface area contributed by atoms with Crippen LogP contribution in [0.15, 0.2) is 6.07 Å². The van der Waals surface area contributed by atoms with Crippen LogP contribution >= 0.6 is 0 Å². The highest BCUT2D eigenvalue weighted by Gasteiger charge is 2.31. The van der Waals surface area contributed by atoms with Crippen molar-refractivity contribution < 1.29 is 17.6 Å². The average Bonchev–Trinajstić information content (AvgIpc) is 2.40. The SMILES string of the molecule is CC(C)CC1CN(c2c(F)c(F)cc(F)c2F)C(C)CN1. The normalized spacial score (nSPS) is 23.0. The fourth-order valence-corrected chi connectivity index (χ4v) is 2.78. The Hall–Kier alpha value is -1.30. The highest BCUT2D eigenvalue weighted by molar-refractivity contribution is 5.51. The first-order valence-corrected chi connectivity index (χ1v) is 7.14. The van der Waals surface area contributed by atoms with E-state index in [2.05, 4.69) is 5.32 Å². The Morgan fingerprint density at radius 3 is 2.29 bits per heavy atom. The van der Waals surface area contributed by atoms with Crippen molar-refractivity contribution in [3.63, 3.8) is 0 Å². The Morgan fingerprint density at radius 2 is 1.76 bits per heavy atom. The molecule has 0 amide bonds. The third kappa shape index (κ3) is 3.31. The number of rotatable bonds is 3. The largest absolute Gasteiger partial charge is 0.361 e. The first kappa shape index (κ1) is 16.1. The van der Waals surface area contributed by atoms with Crippen LogP contribution in [0.2, 0.25) is 0 Å². The van der Waals surface area contributed by atoms with Gasteiger partial charge in [-0.1, -0.05) is 13.8 Å². The molecule has 1 aromatic carbocycles. The molecule has 0 radical (unpaired) electrons. The third-order valence-corrected chi connectivity index (χ3v) is 3.78. The van der Waals surface area contributed by atoms with E-state index in [4.69, 9.17) is 0 Å². The quantitative estimate of drug-likeness (QED) is 0.679. The van der Waals surface area contributed by atoms with Gasteiger partial charge in [0.15, 0.2) is 23.3 Å². The van der Waals surface area contributed by atoms with Crippen LogP contribution in [0.1, 0.15) is 27.2 Å². The summed E-state index contributed by atoms with van der Waals surface area (Å²) in [5, 5.41) is 3.29. The molecule has 6 heteroatoms. The number of halogens is 4. The summed E-state index contributed by atoms with van der Waals surface area (Å²) in [5.41, 5.74) is -0.602. The topological polar surface area (TPSA) is 15.3 Å². The summed E-state index contributed by atoms with van der Waals surface area (Å²) < 4.78 is 54.7. The molecule has 2 nitrogen and oxygen atoms in total. The minimum atomic E-state index is -1.37. The molecule has 1 aliphatic heterocycles. The van der Waals surface area contributed by atoms with Gasteiger partial charge in [0.25, 0.3) is 0 Å². The van der Waals surface area contributed by atoms with Crippen molar-refractivity contribution in [2.24, 2.45) is 5.92 Å². The fourth-order valence-electron chi connectivity index (χ4n) is 2.78. The number of nitrogens with one attached hydrogen (secondary N) is 1. The molecule has 1 aliphatic rings. The second-order valence-corrected chi connectivity index (χ2v) is 6.05. The van der Waals surface area contributed by atoms with E-state index in [0.29, 0.717) is 19.0 Å². The number of hydrogen-bond acceptors (Lipinski definition) is 2. The van der Waals surface area contributed by atoms with Gasteiger partial charge in [0.05, 0.1) is 0 Å². The summed E-state index contributed by atoms with van der Waals surface area (Å²) in [4.78, 5) is 1.42. The molecule has 1 aromatic rings. The van der Waals surface area contributed by atoms with Gasteiger partial charge in [-0.2, -0.15) is 0 Å². The summed E-state index contributed by atoms with van der Waals surface area (Å²) in [6, 6.07) is 0.0250. The molecule has 1 fully saturated rings. The van der Waals surface area contributed by atoms with Crippen LogP contribution in [0.5, 0.6) is 0 Å². The van der Waals surface area contributed by atoms with Crippen molar-refractivity contribution in [3.8, 4) is 0 Å². The molecular formula is C15H20F4N2. The van der Waals surface area contributed by atoms with Crippen LogP contribution in [0, 0.1) is 29.2 Å². The zero-order valence-corrected chi connectivity index (χ0v) is 12.4. The Bertz CT molecular complexity index is 493. The molecule has 1 saturated heterocycles. The zero-order valence-electron chi connectivity index (χ0n) is 12.4. The lowest BCUT2D eigenvalue weighted by molar-refractivity contribution is 0.347. The molecule has 0 saturated carbocycles. The standard InChI is InChI=1S/C15H20F4N2/c1-8(2)4-10-7-21(9(3)6-20-10)15-13(18)11(16)5-12(17)14(15)19/h5,8-10,20H,4,6-7H2,1-3H3. The Morgan fingerprint density at radius 1 is 1.19 bits per heavy atom. The summed E-state index contributed by atoms with van der Waals surface area (Å²) in [6.07, 6.45) is 0.824. The van der Waals surface area contributed by atoms with Crippen molar-refractivity contribution in [2.75, 3.05) is 18.0 Å². The molecule has 0 bridgehead atoms. The number of piperazine rings is 1. The number of hydrogen-bond donors (Lipinski definition) is 1. The second-order valence-electron chi connectivity index (χ2n) is 6.05. The van der Waals surface area contributed by atoms with E-state index >= 15 is 0 Å². The van der Waals surface area contributed by atoms with Crippen molar-refractivity contribution >= 4 is 5.69 Å². The summed E-state index contributed by atoms with van der Waals surface area (Å²) >= 11 is 0. The molecule has 2 unspecified atom stereocenters. The van der Waals surface area contributed by atoms with E-state index in [1.807, 2.05) is 13.8 Å². The summed E-state index contributed by atoms with van der Waals surface area (Å²) in [5.74, 6) is -4.97. The van der Waals surface area contributed by atoms with E-state index in [0.717, 1.165) is 6.42 Å². The van der Waals surface area contributed by atoms with Crippen molar-refractivity contribution in [3.05, 3.63) is 29.3 Å². The van der Waals surface area contributed by atoms with Gasteiger partial charge in [-0.25, -0.2) is 17.6 Å². The van der Waals surface area contributed by atoms with E-state index in [9.17, 15) is 17.6 Å². The van der Waals surface area contributed by atoms with Crippen LogP contribution in [-0.4, -0.2) is 25.2 Å². The van der Waals surface area contributed by atoms with E-state index < -0.39 is 29.0 Å². The molecule has 1 heterocycles. The van der Waals surface area contributed by atoms with Gasteiger partial charge in [-0.15, -0.1) is 0 Å². The highest BCUT2D eigenvalue weighted by Crippen LogP contribution is 2.30. The molecule has 21 heavy (non-hydrogen) atoms. The predicted octanol–water partition coefficient (Wildman–Crippen LogP) is 3.46. The van der Waals surface area contributed by atoms with Gasteiger partial charge < -0.3 is 10.2 Å². The minimum Gasteiger partial charge on any atom is -0.361 e. The smallest absolute Gasteiger partial charge is 0.185 e. The van der Waals surface area contributed by atoms with Crippen molar-refractivity contribution in [1.29, 1.82) is 0 Å². The van der Waals surface area contributed by atoms with Gasteiger partial charge in [-0.3, -0.25) is 0 Å². The van der Waals surface area contributed by atoms with Gasteiger partial charge in [0.1, 0.15) is 5.69 Å². The molecule has 118 valence electrons. The molecular weight excluding hydrogens is 284 g/mol. The first-order valence-electron chi connectivity index (χ1n) is 7.14.